The molecule has 4 atom stereocenters. The molecule has 0 radical (unpaired) electrons. The second-order valence-corrected chi connectivity index (χ2v) is 6.68. The average molecular weight is 379 g/mol. The van der Waals surface area contributed by atoms with Crippen molar-refractivity contribution in [1.82, 2.24) is 0 Å². The van der Waals surface area contributed by atoms with Crippen LogP contribution in [0.4, 0.5) is 4.79 Å². The lowest BCUT2D eigenvalue weighted by Gasteiger charge is -2.47. The molecular formula is C18H21NO8. The van der Waals surface area contributed by atoms with Gasteiger partial charge in [0.05, 0.1) is 5.60 Å². The molecule has 1 aliphatic rings. The van der Waals surface area contributed by atoms with Crippen molar-refractivity contribution >= 4 is 17.1 Å². The summed E-state index contributed by atoms with van der Waals surface area (Å²) in [4.78, 5) is 22.9. The summed E-state index contributed by atoms with van der Waals surface area (Å²) in [5.41, 5.74) is 3.80. The monoisotopic (exact) mass is 379 g/mol. The molecule has 0 bridgehead atoms. The second kappa shape index (κ2) is 7.18. The molecule has 0 unspecified atom stereocenters. The number of nitrogens with two attached hydrogens (primary N) is 1. The van der Waals surface area contributed by atoms with E-state index >= 15 is 0 Å². The fourth-order valence-electron chi connectivity index (χ4n) is 3.24. The maximum absolute atomic E-state index is 11.6. The minimum Gasteiger partial charge on any atom is -0.457 e. The Morgan fingerprint density at radius 2 is 2.00 bits per heavy atom. The first-order valence-corrected chi connectivity index (χ1v) is 8.27. The van der Waals surface area contributed by atoms with E-state index in [0.29, 0.717) is 5.39 Å². The highest BCUT2D eigenvalue weighted by Gasteiger charge is 2.53. The minimum atomic E-state index is -1.27. The number of carbonyl (C=O) groups excluding carboxylic acids is 1. The van der Waals surface area contributed by atoms with Crippen LogP contribution in [-0.2, 0) is 14.2 Å². The molecule has 1 aliphatic heterocycles. The summed E-state index contributed by atoms with van der Waals surface area (Å²) in [5, 5.41) is 11.3. The SMILES string of the molecule is CO[C@@H]1[C@@H](O)[C@@H](OC(N)=O)[C@H](Oc2cccc3ccc(=O)oc23)OC1(C)C. The summed E-state index contributed by atoms with van der Waals surface area (Å²) in [6, 6.07) is 7.89. The number of primary amides is 1. The van der Waals surface area contributed by atoms with Crippen LogP contribution in [0, 0.1) is 0 Å². The Kier molecular flexibility index (Phi) is 5.09. The molecule has 1 fully saturated rings. The molecular weight excluding hydrogens is 358 g/mol. The molecule has 9 heteroatoms. The number of rotatable bonds is 4. The number of amides is 1. The molecule has 0 spiro atoms. The average Bonchev–Trinajstić information content (AvgIpc) is 2.58. The van der Waals surface area contributed by atoms with Crippen LogP contribution in [0.3, 0.4) is 0 Å². The molecule has 1 saturated heterocycles. The fraction of sp³-hybridized carbons (Fsp3) is 0.444. The highest BCUT2D eigenvalue weighted by Crippen LogP contribution is 2.35. The van der Waals surface area contributed by atoms with Crippen LogP contribution in [0.5, 0.6) is 5.75 Å². The molecule has 3 N–H and O–H groups in total. The summed E-state index contributed by atoms with van der Waals surface area (Å²) < 4.78 is 27.2. The number of hydrogen-bond acceptors (Lipinski definition) is 8. The van der Waals surface area contributed by atoms with E-state index in [1.165, 1.54) is 13.2 Å². The maximum Gasteiger partial charge on any atom is 0.405 e. The van der Waals surface area contributed by atoms with E-state index in [4.69, 9.17) is 29.1 Å². The molecule has 1 aromatic heterocycles. The maximum atomic E-state index is 11.6. The summed E-state index contributed by atoms with van der Waals surface area (Å²) in [5.74, 6) is 0.187. The number of hydrogen-bond donors (Lipinski definition) is 2. The van der Waals surface area contributed by atoms with Crippen LogP contribution < -0.4 is 16.1 Å². The van der Waals surface area contributed by atoms with Gasteiger partial charge in [-0.25, -0.2) is 9.59 Å². The van der Waals surface area contributed by atoms with Crippen molar-refractivity contribution in [2.75, 3.05) is 7.11 Å². The van der Waals surface area contributed by atoms with Crippen molar-refractivity contribution in [3.63, 3.8) is 0 Å². The first-order chi connectivity index (χ1) is 12.7. The summed E-state index contributed by atoms with van der Waals surface area (Å²) in [6.45, 7) is 3.40. The Hall–Kier alpha value is -2.62. The van der Waals surface area contributed by atoms with Crippen molar-refractivity contribution in [3.8, 4) is 5.75 Å². The van der Waals surface area contributed by atoms with Gasteiger partial charge < -0.3 is 34.2 Å². The van der Waals surface area contributed by atoms with E-state index in [-0.39, 0.29) is 11.3 Å². The lowest BCUT2D eigenvalue weighted by Crippen LogP contribution is -2.65. The van der Waals surface area contributed by atoms with E-state index < -0.39 is 41.9 Å². The van der Waals surface area contributed by atoms with Gasteiger partial charge >= 0.3 is 11.7 Å². The topological polar surface area (TPSA) is 130 Å². The molecule has 0 aliphatic carbocycles. The molecule has 146 valence electrons. The highest BCUT2D eigenvalue weighted by molar-refractivity contribution is 5.82. The Morgan fingerprint density at radius 1 is 1.26 bits per heavy atom. The number of methoxy groups -OCH3 is 1. The number of carbonyl (C=O) groups is 1. The lowest BCUT2D eigenvalue weighted by molar-refractivity contribution is -0.304. The third-order valence-corrected chi connectivity index (χ3v) is 4.38. The van der Waals surface area contributed by atoms with Gasteiger partial charge in [-0.05, 0) is 26.0 Å². The zero-order valence-corrected chi connectivity index (χ0v) is 15.1. The zero-order valence-electron chi connectivity index (χ0n) is 15.1. The molecule has 1 amide bonds. The van der Waals surface area contributed by atoms with Gasteiger partial charge in [0, 0.05) is 18.6 Å². The predicted octanol–water partition coefficient (Wildman–Crippen LogP) is 1.15. The fourth-order valence-corrected chi connectivity index (χ4v) is 3.24. The predicted molar refractivity (Wildman–Crippen MR) is 93.3 cm³/mol. The third kappa shape index (κ3) is 3.75. The van der Waals surface area contributed by atoms with Crippen molar-refractivity contribution in [3.05, 3.63) is 40.8 Å². The van der Waals surface area contributed by atoms with Crippen LogP contribution in [0.25, 0.3) is 11.0 Å². The zero-order chi connectivity index (χ0) is 19.8. The Morgan fingerprint density at radius 3 is 2.67 bits per heavy atom. The number of fused-ring (bicyclic) bond motifs is 1. The Labute approximate surface area is 154 Å². The van der Waals surface area contributed by atoms with Gasteiger partial charge in [-0.2, -0.15) is 0 Å². The summed E-state index contributed by atoms with van der Waals surface area (Å²) in [6.07, 6.45) is -5.64. The van der Waals surface area contributed by atoms with Gasteiger partial charge in [-0.15, -0.1) is 0 Å². The van der Waals surface area contributed by atoms with E-state index in [9.17, 15) is 14.7 Å². The van der Waals surface area contributed by atoms with Crippen molar-refractivity contribution in [2.24, 2.45) is 5.73 Å². The normalized spacial score (nSPS) is 27.3. The molecule has 27 heavy (non-hydrogen) atoms. The first-order valence-electron chi connectivity index (χ1n) is 8.27. The highest BCUT2D eigenvalue weighted by atomic mass is 16.7. The summed E-state index contributed by atoms with van der Waals surface area (Å²) >= 11 is 0. The van der Waals surface area contributed by atoms with Crippen LogP contribution in [0.15, 0.2) is 39.5 Å². The summed E-state index contributed by atoms with van der Waals surface area (Å²) in [7, 11) is 1.40. The van der Waals surface area contributed by atoms with Gasteiger partial charge in [-0.1, -0.05) is 12.1 Å². The lowest BCUT2D eigenvalue weighted by atomic mass is 9.89. The van der Waals surface area contributed by atoms with Crippen molar-refractivity contribution in [1.29, 1.82) is 0 Å². The number of para-hydroxylation sites is 1. The molecule has 3 rings (SSSR count). The van der Waals surface area contributed by atoms with E-state index in [1.807, 2.05) is 0 Å². The number of benzene rings is 1. The van der Waals surface area contributed by atoms with E-state index in [1.54, 1.807) is 38.1 Å². The Balaban J connectivity index is 1.99. The third-order valence-electron chi connectivity index (χ3n) is 4.38. The van der Waals surface area contributed by atoms with Crippen molar-refractivity contribution in [2.45, 2.75) is 44.1 Å². The molecule has 1 aromatic carbocycles. The van der Waals surface area contributed by atoms with Crippen LogP contribution in [-0.4, -0.2) is 48.5 Å². The minimum absolute atomic E-state index is 0.187. The molecule has 2 heterocycles. The quantitative estimate of drug-likeness (QED) is 0.757. The number of aliphatic hydroxyl groups excluding tert-OH is 1. The molecule has 9 nitrogen and oxygen atoms in total. The number of aliphatic hydroxyl groups is 1. The van der Waals surface area contributed by atoms with Gasteiger partial charge in [-0.3, -0.25) is 0 Å². The second-order valence-electron chi connectivity index (χ2n) is 6.68. The molecule has 0 saturated carbocycles. The Bertz CT molecular complexity index is 892. The van der Waals surface area contributed by atoms with Crippen LogP contribution >= 0.6 is 0 Å². The van der Waals surface area contributed by atoms with Gasteiger partial charge in [0.25, 0.3) is 0 Å². The standard InChI is InChI=1S/C18H21NO8/c1-18(2)15(23-3)12(21)14(26-17(19)22)16(27-18)24-10-6-4-5-9-7-8-11(20)25-13(9)10/h4-8,12,14-16,21H,1-3H3,(H2,19,22)/t12-,14+,15+,16+/m0/s1. The number of ether oxygens (including phenoxy) is 4. The largest absolute Gasteiger partial charge is 0.457 e. The van der Waals surface area contributed by atoms with Gasteiger partial charge in [0.2, 0.25) is 6.29 Å². The van der Waals surface area contributed by atoms with E-state index in [2.05, 4.69) is 0 Å². The smallest absolute Gasteiger partial charge is 0.405 e. The van der Waals surface area contributed by atoms with E-state index in [0.717, 1.165) is 0 Å². The van der Waals surface area contributed by atoms with Crippen LogP contribution in [0.1, 0.15) is 13.8 Å². The van der Waals surface area contributed by atoms with Gasteiger partial charge in [0.1, 0.15) is 12.2 Å². The molecule has 2 aromatic rings. The van der Waals surface area contributed by atoms with Gasteiger partial charge in [0.15, 0.2) is 17.4 Å². The van der Waals surface area contributed by atoms with Crippen LogP contribution in [0.2, 0.25) is 0 Å². The first kappa shape index (κ1) is 19.2. The van der Waals surface area contributed by atoms with Crippen molar-refractivity contribution < 1.29 is 33.3 Å².